The number of hydrogen-bond donors (Lipinski definition) is 2. The molecule has 3 aromatic rings. The molecule has 2 aromatic carbocycles. The van der Waals surface area contributed by atoms with Gasteiger partial charge in [-0.25, -0.2) is 4.98 Å². The van der Waals surface area contributed by atoms with Crippen LogP contribution in [0.1, 0.15) is 0 Å². The molecule has 3 rings (SSSR count). The Hall–Kier alpha value is -2.49. The summed E-state index contributed by atoms with van der Waals surface area (Å²) >= 11 is 0. The molecule has 0 spiro atoms. The number of para-hydroxylation sites is 2. The van der Waals surface area contributed by atoms with Crippen molar-refractivity contribution in [2.75, 3.05) is 0 Å². The van der Waals surface area contributed by atoms with Crippen molar-refractivity contribution in [3.05, 3.63) is 42.5 Å². The number of phenolic OH excluding ortho intramolecular Hbond substituents is 2. The van der Waals surface area contributed by atoms with E-state index in [2.05, 4.69) is 4.98 Å². The number of oxazole rings is 1. The van der Waals surface area contributed by atoms with E-state index < -0.39 is 0 Å². The maximum Gasteiger partial charge on any atom is 0.227 e. The van der Waals surface area contributed by atoms with Gasteiger partial charge in [-0.3, -0.25) is 0 Å². The lowest BCUT2D eigenvalue weighted by atomic mass is 10.2. The van der Waals surface area contributed by atoms with Gasteiger partial charge in [0, 0.05) is 11.6 Å². The minimum absolute atomic E-state index is 0.0257. The zero-order chi connectivity index (χ0) is 11.8. The summed E-state index contributed by atoms with van der Waals surface area (Å²) < 4.78 is 5.53. The Morgan fingerprint density at radius 2 is 1.65 bits per heavy atom. The second kappa shape index (κ2) is 3.52. The van der Waals surface area contributed by atoms with E-state index in [0.717, 1.165) is 5.52 Å². The molecule has 0 atom stereocenters. The quantitative estimate of drug-likeness (QED) is 0.670. The van der Waals surface area contributed by atoms with Crippen LogP contribution in [-0.4, -0.2) is 15.2 Å². The fourth-order valence-corrected chi connectivity index (χ4v) is 1.71. The molecule has 0 unspecified atom stereocenters. The van der Waals surface area contributed by atoms with Crippen LogP contribution in [0.25, 0.3) is 22.6 Å². The van der Waals surface area contributed by atoms with Crippen LogP contribution in [0, 0.1) is 0 Å². The Labute approximate surface area is 96.8 Å². The molecular formula is C13H9NO3. The molecule has 0 aliphatic rings. The van der Waals surface area contributed by atoms with Gasteiger partial charge in [0.25, 0.3) is 0 Å². The highest BCUT2D eigenvalue weighted by Crippen LogP contribution is 2.29. The molecule has 1 aromatic heterocycles. The lowest BCUT2D eigenvalue weighted by Gasteiger charge is -1.98. The van der Waals surface area contributed by atoms with Crippen molar-refractivity contribution in [3.63, 3.8) is 0 Å². The predicted molar refractivity (Wildman–Crippen MR) is 62.8 cm³/mol. The highest BCUT2D eigenvalue weighted by Gasteiger charge is 2.09. The standard InChI is InChI=1S/C13H9NO3/c15-9-5-8(6-10(16)7-9)13-14-11-3-1-2-4-12(11)17-13/h1-7,15-16H. The number of nitrogens with zero attached hydrogens (tertiary/aromatic N) is 1. The van der Waals surface area contributed by atoms with Gasteiger partial charge in [0.15, 0.2) is 5.58 Å². The molecule has 0 amide bonds. The molecule has 1 heterocycles. The van der Waals surface area contributed by atoms with Crippen molar-refractivity contribution < 1.29 is 14.6 Å². The number of phenols is 2. The monoisotopic (exact) mass is 227 g/mol. The van der Waals surface area contributed by atoms with Gasteiger partial charge in [0.1, 0.15) is 17.0 Å². The molecule has 0 saturated carbocycles. The van der Waals surface area contributed by atoms with E-state index in [4.69, 9.17) is 4.42 Å². The van der Waals surface area contributed by atoms with E-state index in [0.29, 0.717) is 17.0 Å². The zero-order valence-corrected chi connectivity index (χ0v) is 8.79. The topological polar surface area (TPSA) is 66.5 Å². The number of aromatic nitrogens is 1. The summed E-state index contributed by atoms with van der Waals surface area (Å²) in [7, 11) is 0. The van der Waals surface area contributed by atoms with Crippen LogP contribution in [0.5, 0.6) is 11.5 Å². The Morgan fingerprint density at radius 3 is 2.35 bits per heavy atom. The van der Waals surface area contributed by atoms with Gasteiger partial charge in [0.2, 0.25) is 5.89 Å². The van der Waals surface area contributed by atoms with E-state index in [1.165, 1.54) is 18.2 Å². The van der Waals surface area contributed by atoms with Crippen LogP contribution in [0.15, 0.2) is 46.9 Å². The smallest absolute Gasteiger partial charge is 0.227 e. The predicted octanol–water partition coefficient (Wildman–Crippen LogP) is 2.91. The van der Waals surface area contributed by atoms with E-state index in [1.807, 2.05) is 24.3 Å². The van der Waals surface area contributed by atoms with Crippen molar-refractivity contribution in [2.24, 2.45) is 0 Å². The minimum Gasteiger partial charge on any atom is -0.508 e. The third kappa shape index (κ3) is 1.69. The second-order valence-corrected chi connectivity index (χ2v) is 3.72. The molecule has 17 heavy (non-hydrogen) atoms. The molecule has 0 aliphatic carbocycles. The summed E-state index contributed by atoms with van der Waals surface area (Å²) in [6.07, 6.45) is 0. The minimum atomic E-state index is -0.0257. The Balaban J connectivity index is 2.20. The molecule has 0 saturated heterocycles. The molecule has 2 N–H and O–H groups in total. The summed E-state index contributed by atoms with van der Waals surface area (Å²) in [5, 5.41) is 18.8. The average Bonchev–Trinajstić information content (AvgIpc) is 2.71. The van der Waals surface area contributed by atoms with Gasteiger partial charge >= 0.3 is 0 Å². The van der Waals surface area contributed by atoms with Crippen LogP contribution in [0.3, 0.4) is 0 Å². The van der Waals surface area contributed by atoms with Crippen molar-refractivity contribution in [1.82, 2.24) is 4.98 Å². The van der Waals surface area contributed by atoms with Crippen molar-refractivity contribution in [2.45, 2.75) is 0 Å². The van der Waals surface area contributed by atoms with Gasteiger partial charge < -0.3 is 14.6 Å². The van der Waals surface area contributed by atoms with Crippen molar-refractivity contribution in [1.29, 1.82) is 0 Å². The normalized spacial score (nSPS) is 10.8. The van der Waals surface area contributed by atoms with Crippen LogP contribution < -0.4 is 0 Å². The fraction of sp³-hybridized carbons (Fsp3) is 0. The fourth-order valence-electron chi connectivity index (χ4n) is 1.71. The average molecular weight is 227 g/mol. The second-order valence-electron chi connectivity index (χ2n) is 3.72. The highest BCUT2D eigenvalue weighted by molar-refractivity contribution is 5.76. The number of benzene rings is 2. The number of hydrogen-bond acceptors (Lipinski definition) is 4. The number of rotatable bonds is 1. The van der Waals surface area contributed by atoms with E-state index in [-0.39, 0.29) is 11.5 Å². The SMILES string of the molecule is Oc1cc(O)cc(-c2nc3ccccc3o2)c1. The molecule has 0 radical (unpaired) electrons. The van der Waals surface area contributed by atoms with Crippen molar-refractivity contribution in [3.8, 4) is 23.0 Å². The first-order valence-corrected chi connectivity index (χ1v) is 5.11. The maximum absolute atomic E-state index is 9.40. The Bertz CT molecular complexity index is 635. The molecule has 84 valence electrons. The third-order valence-corrected chi connectivity index (χ3v) is 2.44. The van der Waals surface area contributed by atoms with Crippen molar-refractivity contribution >= 4 is 11.1 Å². The van der Waals surface area contributed by atoms with Gasteiger partial charge in [-0.15, -0.1) is 0 Å². The first-order chi connectivity index (χ1) is 8.22. The molecular weight excluding hydrogens is 218 g/mol. The first-order valence-electron chi connectivity index (χ1n) is 5.11. The molecule has 4 heteroatoms. The Kier molecular flexibility index (Phi) is 2.01. The summed E-state index contributed by atoms with van der Waals surface area (Å²) in [5.41, 5.74) is 1.95. The first kappa shape index (κ1) is 9.72. The Morgan fingerprint density at radius 1 is 0.941 bits per heavy atom. The number of aromatic hydroxyl groups is 2. The summed E-state index contributed by atoms with van der Waals surface area (Å²) in [6, 6.07) is 11.6. The van der Waals surface area contributed by atoms with Crippen LogP contribution >= 0.6 is 0 Å². The summed E-state index contributed by atoms with van der Waals surface area (Å²) in [5.74, 6) is 0.321. The van der Waals surface area contributed by atoms with Crippen LogP contribution in [0.4, 0.5) is 0 Å². The zero-order valence-electron chi connectivity index (χ0n) is 8.79. The van der Waals surface area contributed by atoms with Gasteiger partial charge in [-0.05, 0) is 24.3 Å². The molecule has 0 fully saturated rings. The number of fused-ring (bicyclic) bond motifs is 1. The van der Waals surface area contributed by atoms with E-state index >= 15 is 0 Å². The van der Waals surface area contributed by atoms with Gasteiger partial charge in [0.05, 0.1) is 0 Å². The molecule has 0 aliphatic heterocycles. The maximum atomic E-state index is 9.40. The molecule has 4 nitrogen and oxygen atoms in total. The molecule has 0 bridgehead atoms. The van der Waals surface area contributed by atoms with E-state index in [9.17, 15) is 10.2 Å². The lowest BCUT2D eigenvalue weighted by Crippen LogP contribution is -1.77. The van der Waals surface area contributed by atoms with Gasteiger partial charge in [-0.2, -0.15) is 0 Å². The third-order valence-electron chi connectivity index (χ3n) is 2.44. The summed E-state index contributed by atoms with van der Waals surface area (Å²) in [6.45, 7) is 0. The highest BCUT2D eigenvalue weighted by atomic mass is 16.3. The largest absolute Gasteiger partial charge is 0.508 e. The lowest BCUT2D eigenvalue weighted by molar-refractivity contribution is 0.450. The van der Waals surface area contributed by atoms with Crippen LogP contribution in [-0.2, 0) is 0 Å². The van der Waals surface area contributed by atoms with E-state index in [1.54, 1.807) is 0 Å². The summed E-state index contributed by atoms with van der Waals surface area (Å²) in [4.78, 5) is 4.28. The van der Waals surface area contributed by atoms with Gasteiger partial charge in [-0.1, -0.05) is 12.1 Å². The van der Waals surface area contributed by atoms with Crippen LogP contribution in [0.2, 0.25) is 0 Å².